The van der Waals surface area contributed by atoms with E-state index < -0.39 is 0 Å². The van der Waals surface area contributed by atoms with Crippen molar-refractivity contribution in [3.63, 3.8) is 0 Å². The van der Waals surface area contributed by atoms with E-state index in [1.807, 2.05) is 0 Å². The maximum atomic E-state index is 2.48. The molecule has 0 bridgehead atoms. The minimum Gasteiger partial charge on any atom is -0.0654 e. The highest BCUT2D eigenvalue weighted by Gasteiger charge is 2.54. The lowest BCUT2D eigenvalue weighted by molar-refractivity contribution is 0.0331. The van der Waals surface area contributed by atoms with Gasteiger partial charge in [0.25, 0.3) is 0 Å². The first-order chi connectivity index (χ1) is 5.69. The van der Waals surface area contributed by atoms with Crippen molar-refractivity contribution in [3.8, 4) is 0 Å². The van der Waals surface area contributed by atoms with Crippen molar-refractivity contribution in [2.75, 3.05) is 0 Å². The van der Waals surface area contributed by atoms with E-state index in [1.165, 1.54) is 25.7 Å². The first-order valence-corrected chi connectivity index (χ1v) is 5.69. The summed E-state index contributed by atoms with van der Waals surface area (Å²) in [4.78, 5) is 0. The molecule has 0 radical (unpaired) electrons. The molecule has 0 aromatic rings. The summed E-state index contributed by atoms with van der Waals surface area (Å²) >= 11 is 0. The lowest BCUT2D eigenvalue weighted by Gasteiger charge is -2.47. The predicted octanol–water partition coefficient (Wildman–Crippen LogP) is 3.86. The van der Waals surface area contributed by atoms with Crippen LogP contribution in [0.25, 0.3) is 0 Å². The Morgan fingerprint density at radius 3 is 2.50 bits per heavy atom. The van der Waals surface area contributed by atoms with Crippen molar-refractivity contribution >= 4 is 0 Å². The van der Waals surface area contributed by atoms with Gasteiger partial charge in [-0.15, -0.1) is 0 Å². The summed E-state index contributed by atoms with van der Waals surface area (Å²) < 4.78 is 0. The molecule has 2 rings (SSSR count). The van der Waals surface area contributed by atoms with Gasteiger partial charge in [-0.25, -0.2) is 0 Å². The highest BCUT2D eigenvalue weighted by molar-refractivity contribution is 5.04. The van der Waals surface area contributed by atoms with Crippen LogP contribution in [0.1, 0.15) is 52.9 Å². The molecule has 4 unspecified atom stereocenters. The van der Waals surface area contributed by atoms with Crippen LogP contribution < -0.4 is 0 Å². The second-order valence-corrected chi connectivity index (χ2v) is 5.30. The van der Waals surface area contributed by atoms with E-state index in [2.05, 4.69) is 20.8 Å². The molecule has 0 aromatic carbocycles. The fourth-order valence-corrected chi connectivity index (χ4v) is 3.93. The molecule has 0 spiro atoms. The van der Waals surface area contributed by atoms with E-state index in [1.54, 1.807) is 6.42 Å². The molecule has 0 heterocycles. The lowest BCUT2D eigenvalue weighted by Crippen LogP contribution is -2.37. The van der Waals surface area contributed by atoms with Gasteiger partial charge in [0.1, 0.15) is 0 Å². The molecular formula is C12H22. The molecule has 2 aliphatic rings. The van der Waals surface area contributed by atoms with Crippen LogP contribution in [0.15, 0.2) is 0 Å². The zero-order valence-electron chi connectivity index (χ0n) is 8.77. The normalized spacial score (nSPS) is 51.8. The molecule has 12 heavy (non-hydrogen) atoms. The van der Waals surface area contributed by atoms with Gasteiger partial charge >= 0.3 is 0 Å². The largest absolute Gasteiger partial charge is 0.0654 e. The average molecular weight is 166 g/mol. The molecule has 0 nitrogen and oxygen atoms in total. The summed E-state index contributed by atoms with van der Waals surface area (Å²) in [5.74, 6) is 3.13. The Morgan fingerprint density at radius 2 is 2.08 bits per heavy atom. The van der Waals surface area contributed by atoms with Gasteiger partial charge in [-0.05, 0) is 48.9 Å². The molecule has 0 aliphatic heterocycles. The van der Waals surface area contributed by atoms with Gasteiger partial charge in [0.15, 0.2) is 0 Å². The average Bonchev–Trinajstić information content (AvgIpc) is 2.13. The first-order valence-electron chi connectivity index (χ1n) is 5.69. The smallest absolute Gasteiger partial charge is 0.0264 e. The Hall–Kier alpha value is 0. The third-order valence-electron chi connectivity index (χ3n) is 4.75. The van der Waals surface area contributed by atoms with Crippen LogP contribution in [0.3, 0.4) is 0 Å². The van der Waals surface area contributed by atoms with Crippen LogP contribution in [0.2, 0.25) is 0 Å². The van der Waals surface area contributed by atoms with Crippen LogP contribution in [-0.2, 0) is 0 Å². The summed E-state index contributed by atoms with van der Waals surface area (Å²) in [6.07, 6.45) is 7.51. The van der Waals surface area contributed by atoms with Crippen LogP contribution in [0.5, 0.6) is 0 Å². The van der Waals surface area contributed by atoms with Gasteiger partial charge in [-0.3, -0.25) is 0 Å². The van der Waals surface area contributed by atoms with Crippen molar-refractivity contribution < 1.29 is 0 Å². The topological polar surface area (TPSA) is 0 Å². The summed E-state index contributed by atoms with van der Waals surface area (Å²) in [6, 6.07) is 0. The molecule has 2 fully saturated rings. The second-order valence-electron chi connectivity index (χ2n) is 5.30. The quantitative estimate of drug-likeness (QED) is 0.584. The molecule has 0 saturated heterocycles. The Labute approximate surface area is 76.7 Å². The fourth-order valence-electron chi connectivity index (χ4n) is 3.93. The maximum Gasteiger partial charge on any atom is -0.0264 e. The van der Waals surface area contributed by atoms with Gasteiger partial charge in [-0.2, -0.15) is 0 Å². The molecule has 2 aliphatic carbocycles. The highest BCUT2D eigenvalue weighted by Crippen LogP contribution is 2.64. The summed E-state index contributed by atoms with van der Waals surface area (Å²) in [6.45, 7) is 7.28. The van der Waals surface area contributed by atoms with Gasteiger partial charge in [-0.1, -0.05) is 27.2 Å². The summed E-state index contributed by atoms with van der Waals surface area (Å²) in [5, 5.41) is 0. The van der Waals surface area contributed by atoms with Gasteiger partial charge in [0.2, 0.25) is 0 Å². The highest BCUT2D eigenvalue weighted by atomic mass is 14.6. The minimum atomic E-state index is 0.827. The van der Waals surface area contributed by atoms with E-state index in [-0.39, 0.29) is 0 Å². The van der Waals surface area contributed by atoms with Crippen molar-refractivity contribution in [2.45, 2.75) is 52.9 Å². The third-order valence-corrected chi connectivity index (χ3v) is 4.75. The van der Waals surface area contributed by atoms with Crippen LogP contribution >= 0.6 is 0 Å². The molecular weight excluding hydrogens is 144 g/mol. The van der Waals surface area contributed by atoms with Crippen molar-refractivity contribution in [1.29, 1.82) is 0 Å². The van der Waals surface area contributed by atoms with Crippen molar-refractivity contribution in [2.24, 2.45) is 23.2 Å². The Bertz CT molecular complexity index is 173. The van der Waals surface area contributed by atoms with Crippen LogP contribution in [-0.4, -0.2) is 0 Å². The maximum absolute atomic E-state index is 2.48. The second kappa shape index (κ2) is 2.75. The monoisotopic (exact) mass is 166 g/mol. The third kappa shape index (κ3) is 0.963. The molecule has 4 atom stereocenters. The van der Waals surface area contributed by atoms with E-state index in [9.17, 15) is 0 Å². The first kappa shape index (κ1) is 8.59. The van der Waals surface area contributed by atoms with E-state index in [0.29, 0.717) is 0 Å². The zero-order chi connectivity index (χ0) is 8.77. The summed E-state index contributed by atoms with van der Waals surface area (Å²) in [5.41, 5.74) is 0.827. The standard InChI is InChI=1S/C12H22/c1-4-6-12-7-5-11(12)10(3)9(2)8-12/h9-11H,4-8H2,1-3H3. The minimum absolute atomic E-state index is 0.827. The Balaban J connectivity index is 2.09. The van der Waals surface area contributed by atoms with E-state index in [4.69, 9.17) is 0 Å². The van der Waals surface area contributed by atoms with E-state index >= 15 is 0 Å². The molecule has 0 heteroatoms. The van der Waals surface area contributed by atoms with E-state index in [0.717, 1.165) is 23.2 Å². The number of rotatable bonds is 2. The Kier molecular flexibility index (Phi) is 1.97. The predicted molar refractivity (Wildman–Crippen MR) is 53.0 cm³/mol. The van der Waals surface area contributed by atoms with Crippen molar-refractivity contribution in [3.05, 3.63) is 0 Å². The summed E-state index contributed by atoms with van der Waals surface area (Å²) in [7, 11) is 0. The number of hydrogen-bond acceptors (Lipinski definition) is 0. The number of fused-ring (bicyclic) bond motifs is 1. The lowest BCUT2D eigenvalue weighted by atomic mass is 9.58. The van der Waals surface area contributed by atoms with Gasteiger partial charge < -0.3 is 0 Å². The molecule has 0 N–H and O–H groups in total. The van der Waals surface area contributed by atoms with Gasteiger partial charge in [0, 0.05) is 0 Å². The molecule has 2 saturated carbocycles. The van der Waals surface area contributed by atoms with Crippen LogP contribution in [0.4, 0.5) is 0 Å². The fraction of sp³-hybridized carbons (Fsp3) is 1.00. The molecule has 0 aromatic heterocycles. The van der Waals surface area contributed by atoms with Crippen molar-refractivity contribution in [1.82, 2.24) is 0 Å². The Morgan fingerprint density at radius 1 is 1.33 bits per heavy atom. The van der Waals surface area contributed by atoms with Gasteiger partial charge in [0.05, 0.1) is 0 Å². The number of hydrogen-bond donors (Lipinski definition) is 0. The zero-order valence-corrected chi connectivity index (χ0v) is 8.77. The molecule has 70 valence electrons. The molecule has 0 amide bonds. The van der Waals surface area contributed by atoms with Crippen LogP contribution in [0, 0.1) is 23.2 Å². The SMILES string of the molecule is CCCC12CCC1C(C)C(C)C2.